The van der Waals surface area contributed by atoms with E-state index in [2.05, 4.69) is 4.98 Å². The standard InChI is InChI=1S/C10H15NO4/c1-7-8(4-3-5-10(12)13)15-9(11-7)6-14-2/h3-6H2,1-2H3,(H,12,13). The highest BCUT2D eigenvalue weighted by molar-refractivity contribution is 5.66. The van der Waals surface area contributed by atoms with Gasteiger partial charge in [0.2, 0.25) is 5.89 Å². The van der Waals surface area contributed by atoms with Crippen molar-refractivity contribution in [2.24, 2.45) is 0 Å². The second-order valence-electron chi connectivity index (χ2n) is 3.30. The lowest BCUT2D eigenvalue weighted by molar-refractivity contribution is -0.137. The monoisotopic (exact) mass is 213 g/mol. The van der Waals surface area contributed by atoms with E-state index < -0.39 is 5.97 Å². The molecule has 0 saturated heterocycles. The SMILES string of the molecule is COCc1nc(C)c(CCCC(=O)O)o1. The summed E-state index contributed by atoms with van der Waals surface area (Å²) in [5.74, 6) is 0.507. The number of carbonyl (C=O) groups is 1. The zero-order valence-electron chi connectivity index (χ0n) is 8.95. The van der Waals surface area contributed by atoms with E-state index in [9.17, 15) is 4.79 Å². The summed E-state index contributed by atoms with van der Waals surface area (Å²) in [6.45, 7) is 2.19. The maximum atomic E-state index is 10.3. The molecule has 0 saturated carbocycles. The maximum absolute atomic E-state index is 10.3. The summed E-state index contributed by atoms with van der Waals surface area (Å²) >= 11 is 0. The second kappa shape index (κ2) is 5.50. The third-order valence-corrected chi connectivity index (χ3v) is 2.00. The molecule has 0 aliphatic heterocycles. The van der Waals surface area contributed by atoms with Crippen molar-refractivity contribution in [2.45, 2.75) is 32.8 Å². The van der Waals surface area contributed by atoms with Crippen molar-refractivity contribution in [1.82, 2.24) is 4.98 Å². The molecular formula is C10H15NO4. The number of rotatable bonds is 6. The van der Waals surface area contributed by atoms with Crippen molar-refractivity contribution in [3.63, 3.8) is 0 Å². The van der Waals surface area contributed by atoms with E-state index in [1.54, 1.807) is 7.11 Å². The van der Waals surface area contributed by atoms with Crippen molar-refractivity contribution >= 4 is 5.97 Å². The molecule has 1 rings (SSSR count). The van der Waals surface area contributed by atoms with Gasteiger partial charge in [0.05, 0.1) is 5.69 Å². The molecule has 1 N–H and O–H groups in total. The predicted octanol–water partition coefficient (Wildman–Crippen LogP) is 1.54. The van der Waals surface area contributed by atoms with Crippen LogP contribution in [0.2, 0.25) is 0 Å². The van der Waals surface area contributed by atoms with Crippen LogP contribution in [0.5, 0.6) is 0 Å². The normalized spacial score (nSPS) is 10.5. The lowest BCUT2D eigenvalue weighted by atomic mass is 10.2. The summed E-state index contributed by atoms with van der Waals surface area (Å²) in [5, 5.41) is 8.48. The molecule has 1 aromatic rings. The van der Waals surface area contributed by atoms with Gasteiger partial charge in [-0.3, -0.25) is 4.79 Å². The summed E-state index contributed by atoms with van der Waals surface area (Å²) in [4.78, 5) is 14.5. The first-order valence-electron chi connectivity index (χ1n) is 4.79. The smallest absolute Gasteiger partial charge is 0.303 e. The van der Waals surface area contributed by atoms with E-state index in [-0.39, 0.29) is 6.42 Å². The first kappa shape index (κ1) is 11.7. The summed E-state index contributed by atoms with van der Waals surface area (Å²) in [6, 6.07) is 0. The average molecular weight is 213 g/mol. The van der Waals surface area contributed by atoms with Crippen molar-refractivity contribution < 1.29 is 19.1 Å². The second-order valence-corrected chi connectivity index (χ2v) is 3.30. The van der Waals surface area contributed by atoms with Crippen molar-refractivity contribution in [3.8, 4) is 0 Å². The number of hydrogen-bond donors (Lipinski definition) is 1. The van der Waals surface area contributed by atoms with Crippen LogP contribution in [0, 0.1) is 6.92 Å². The minimum absolute atomic E-state index is 0.153. The Bertz CT molecular complexity index is 332. The molecule has 0 fully saturated rings. The molecule has 0 amide bonds. The Hall–Kier alpha value is -1.36. The fourth-order valence-electron chi connectivity index (χ4n) is 1.31. The van der Waals surface area contributed by atoms with Gasteiger partial charge in [0, 0.05) is 20.0 Å². The topological polar surface area (TPSA) is 72.6 Å². The van der Waals surface area contributed by atoms with Crippen LogP contribution in [0.1, 0.15) is 30.2 Å². The first-order valence-corrected chi connectivity index (χ1v) is 4.79. The van der Waals surface area contributed by atoms with Crippen molar-refractivity contribution in [1.29, 1.82) is 0 Å². The molecule has 1 heterocycles. The number of carboxylic acids is 1. The Kier molecular flexibility index (Phi) is 4.30. The van der Waals surface area contributed by atoms with E-state index in [1.807, 2.05) is 6.92 Å². The Labute approximate surface area is 88.1 Å². The van der Waals surface area contributed by atoms with E-state index in [0.29, 0.717) is 25.3 Å². The number of nitrogens with zero attached hydrogens (tertiary/aromatic N) is 1. The quantitative estimate of drug-likeness (QED) is 0.775. The van der Waals surface area contributed by atoms with Crippen LogP contribution in [0.25, 0.3) is 0 Å². The molecule has 0 unspecified atom stereocenters. The molecule has 0 aliphatic rings. The Morgan fingerprint density at radius 3 is 2.93 bits per heavy atom. The van der Waals surface area contributed by atoms with Gasteiger partial charge in [0.1, 0.15) is 12.4 Å². The minimum atomic E-state index is -0.788. The number of methoxy groups -OCH3 is 1. The fourth-order valence-corrected chi connectivity index (χ4v) is 1.31. The van der Waals surface area contributed by atoms with Crippen molar-refractivity contribution in [2.75, 3.05) is 7.11 Å². The molecule has 0 atom stereocenters. The van der Waals surface area contributed by atoms with Gasteiger partial charge in [0.25, 0.3) is 0 Å². The highest BCUT2D eigenvalue weighted by Gasteiger charge is 2.09. The zero-order valence-corrected chi connectivity index (χ0v) is 8.95. The number of aryl methyl sites for hydroxylation is 2. The van der Waals surface area contributed by atoms with Gasteiger partial charge < -0.3 is 14.3 Å². The van der Waals surface area contributed by atoms with Crippen molar-refractivity contribution in [3.05, 3.63) is 17.3 Å². The van der Waals surface area contributed by atoms with Crippen LogP contribution in [0.3, 0.4) is 0 Å². The Balaban J connectivity index is 2.49. The highest BCUT2D eigenvalue weighted by Crippen LogP contribution is 2.13. The van der Waals surface area contributed by atoms with Crippen LogP contribution >= 0.6 is 0 Å². The Morgan fingerprint density at radius 1 is 1.60 bits per heavy atom. The highest BCUT2D eigenvalue weighted by atomic mass is 16.5. The molecule has 5 heteroatoms. The molecule has 0 bridgehead atoms. The number of aliphatic carboxylic acids is 1. The molecule has 0 spiro atoms. The van der Waals surface area contributed by atoms with E-state index in [4.69, 9.17) is 14.3 Å². The number of hydrogen-bond acceptors (Lipinski definition) is 4. The Morgan fingerprint density at radius 2 is 2.33 bits per heavy atom. The van der Waals surface area contributed by atoms with Gasteiger partial charge in [-0.2, -0.15) is 0 Å². The summed E-state index contributed by atoms with van der Waals surface area (Å²) in [7, 11) is 1.57. The predicted molar refractivity (Wildman–Crippen MR) is 52.5 cm³/mol. The fraction of sp³-hybridized carbons (Fsp3) is 0.600. The van der Waals surface area contributed by atoms with Gasteiger partial charge in [0.15, 0.2) is 0 Å². The summed E-state index contributed by atoms with van der Waals surface area (Å²) < 4.78 is 10.3. The third kappa shape index (κ3) is 3.71. The average Bonchev–Trinajstić information content (AvgIpc) is 2.47. The number of ether oxygens (including phenoxy) is 1. The van der Waals surface area contributed by atoms with E-state index in [0.717, 1.165) is 11.5 Å². The van der Waals surface area contributed by atoms with Gasteiger partial charge in [-0.05, 0) is 13.3 Å². The summed E-state index contributed by atoms with van der Waals surface area (Å²) in [6.07, 6.45) is 1.33. The first-order chi connectivity index (χ1) is 7.13. The molecule has 5 nitrogen and oxygen atoms in total. The minimum Gasteiger partial charge on any atom is -0.481 e. The van der Waals surface area contributed by atoms with E-state index >= 15 is 0 Å². The lowest BCUT2D eigenvalue weighted by Gasteiger charge is -1.95. The van der Waals surface area contributed by atoms with E-state index in [1.165, 1.54) is 0 Å². The van der Waals surface area contributed by atoms with Gasteiger partial charge in [-0.1, -0.05) is 0 Å². The number of oxazole rings is 1. The van der Waals surface area contributed by atoms with Gasteiger partial charge in [-0.15, -0.1) is 0 Å². The van der Waals surface area contributed by atoms with Gasteiger partial charge in [-0.25, -0.2) is 4.98 Å². The molecule has 0 aromatic carbocycles. The number of carboxylic acid groups (broad SMARTS) is 1. The largest absolute Gasteiger partial charge is 0.481 e. The van der Waals surface area contributed by atoms with Crippen LogP contribution in [-0.4, -0.2) is 23.2 Å². The molecule has 84 valence electrons. The summed E-state index contributed by atoms with van der Waals surface area (Å²) in [5.41, 5.74) is 0.812. The molecule has 0 radical (unpaired) electrons. The molecule has 15 heavy (non-hydrogen) atoms. The third-order valence-electron chi connectivity index (χ3n) is 2.00. The molecule has 1 aromatic heterocycles. The van der Waals surface area contributed by atoms with Gasteiger partial charge >= 0.3 is 5.97 Å². The lowest BCUT2D eigenvalue weighted by Crippen LogP contribution is -1.96. The molecular weight excluding hydrogens is 198 g/mol. The number of aromatic nitrogens is 1. The maximum Gasteiger partial charge on any atom is 0.303 e. The zero-order chi connectivity index (χ0) is 11.3. The van der Waals surface area contributed by atoms with Crippen LogP contribution in [0.15, 0.2) is 4.42 Å². The van der Waals surface area contributed by atoms with Crippen LogP contribution in [-0.2, 0) is 22.6 Å². The molecule has 0 aliphatic carbocycles. The van der Waals surface area contributed by atoms with Crippen LogP contribution < -0.4 is 0 Å². The van der Waals surface area contributed by atoms with Crippen LogP contribution in [0.4, 0.5) is 0 Å².